The predicted molar refractivity (Wildman–Crippen MR) is 83.1 cm³/mol. The van der Waals surface area contributed by atoms with Gasteiger partial charge in [-0.25, -0.2) is 0 Å². The van der Waals surface area contributed by atoms with Crippen molar-refractivity contribution in [3.8, 4) is 0 Å². The Balaban J connectivity index is 1.75. The molecule has 1 aromatic rings. The first-order valence-electron chi connectivity index (χ1n) is 7.41. The van der Waals surface area contributed by atoms with Gasteiger partial charge in [-0.15, -0.1) is 0 Å². The third-order valence-corrected chi connectivity index (χ3v) is 4.49. The average Bonchev–Trinajstić information content (AvgIpc) is 2.40. The van der Waals surface area contributed by atoms with Gasteiger partial charge in [0.1, 0.15) is 0 Å². The summed E-state index contributed by atoms with van der Waals surface area (Å²) in [7, 11) is 0. The first-order chi connectivity index (χ1) is 9.65. The maximum absolute atomic E-state index is 11.9. The number of carbonyl (C=O) groups is 1. The third kappa shape index (κ3) is 3.53. The number of benzene rings is 1. The molecule has 0 aromatic heterocycles. The van der Waals surface area contributed by atoms with Crippen LogP contribution >= 0.6 is 11.6 Å². The summed E-state index contributed by atoms with van der Waals surface area (Å²) < 4.78 is 0. The molecule has 1 aliphatic carbocycles. The molecule has 1 saturated carbocycles. The minimum atomic E-state index is 0.191. The smallest absolute Gasteiger partial charge is 0.236 e. The molecule has 0 saturated heterocycles. The Hall–Kier alpha value is -1.06. The zero-order valence-electron chi connectivity index (χ0n) is 12.2. The van der Waals surface area contributed by atoms with Crippen molar-refractivity contribution in [2.24, 2.45) is 0 Å². The SMILES string of the molecule is CCN(CC)C(=O)CNC1CC(c2ccccc2Cl)C1. The summed E-state index contributed by atoms with van der Waals surface area (Å²) in [5.41, 5.74) is 1.24. The zero-order valence-corrected chi connectivity index (χ0v) is 13.0. The summed E-state index contributed by atoms with van der Waals surface area (Å²) in [6.07, 6.45) is 2.13. The van der Waals surface area contributed by atoms with Crippen molar-refractivity contribution in [1.29, 1.82) is 0 Å². The van der Waals surface area contributed by atoms with Gasteiger partial charge in [0.15, 0.2) is 0 Å². The van der Waals surface area contributed by atoms with Crippen molar-refractivity contribution in [2.75, 3.05) is 19.6 Å². The molecule has 1 aromatic carbocycles. The second kappa shape index (κ2) is 7.09. The third-order valence-electron chi connectivity index (χ3n) is 4.14. The highest BCUT2D eigenvalue weighted by atomic mass is 35.5. The van der Waals surface area contributed by atoms with E-state index in [-0.39, 0.29) is 5.91 Å². The molecular formula is C16H23ClN2O. The lowest BCUT2D eigenvalue weighted by Crippen LogP contribution is -2.46. The molecule has 3 nitrogen and oxygen atoms in total. The van der Waals surface area contributed by atoms with E-state index >= 15 is 0 Å². The van der Waals surface area contributed by atoms with Crippen LogP contribution in [0.15, 0.2) is 24.3 Å². The zero-order chi connectivity index (χ0) is 14.5. The molecule has 110 valence electrons. The second-order valence-electron chi connectivity index (χ2n) is 5.33. The molecule has 1 fully saturated rings. The van der Waals surface area contributed by atoms with E-state index < -0.39 is 0 Å². The van der Waals surface area contributed by atoms with Crippen molar-refractivity contribution in [2.45, 2.75) is 38.6 Å². The van der Waals surface area contributed by atoms with Crippen LogP contribution in [-0.4, -0.2) is 36.5 Å². The van der Waals surface area contributed by atoms with E-state index in [0.717, 1.165) is 31.0 Å². The van der Waals surface area contributed by atoms with Crippen molar-refractivity contribution >= 4 is 17.5 Å². The van der Waals surface area contributed by atoms with Crippen LogP contribution in [0.3, 0.4) is 0 Å². The highest BCUT2D eigenvalue weighted by molar-refractivity contribution is 6.31. The molecule has 0 unspecified atom stereocenters. The Bertz CT molecular complexity index is 454. The van der Waals surface area contributed by atoms with Gasteiger partial charge in [-0.3, -0.25) is 4.79 Å². The monoisotopic (exact) mass is 294 g/mol. The fraction of sp³-hybridized carbons (Fsp3) is 0.562. The van der Waals surface area contributed by atoms with Crippen LogP contribution in [0.1, 0.15) is 38.2 Å². The quantitative estimate of drug-likeness (QED) is 0.874. The first-order valence-corrected chi connectivity index (χ1v) is 7.79. The fourth-order valence-corrected chi connectivity index (χ4v) is 3.05. The highest BCUT2D eigenvalue weighted by Gasteiger charge is 2.31. The molecule has 20 heavy (non-hydrogen) atoms. The Labute approximate surface area is 126 Å². The van der Waals surface area contributed by atoms with Crippen LogP contribution in [0.4, 0.5) is 0 Å². The van der Waals surface area contributed by atoms with Gasteiger partial charge in [0.2, 0.25) is 5.91 Å². The van der Waals surface area contributed by atoms with Gasteiger partial charge in [-0.05, 0) is 44.2 Å². The number of hydrogen-bond acceptors (Lipinski definition) is 2. The van der Waals surface area contributed by atoms with Crippen LogP contribution < -0.4 is 5.32 Å². The standard InChI is InChI=1S/C16H23ClN2O/c1-3-19(4-2)16(20)11-18-13-9-12(10-13)14-7-5-6-8-15(14)17/h5-8,12-13,18H,3-4,9-11H2,1-2H3. The van der Waals surface area contributed by atoms with Crippen molar-refractivity contribution in [3.63, 3.8) is 0 Å². The highest BCUT2D eigenvalue weighted by Crippen LogP contribution is 2.39. The van der Waals surface area contributed by atoms with Gasteiger partial charge >= 0.3 is 0 Å². The largest absolute Gasteiger partial charge is 0.342 e. The Morgan fingerprint density at radius 3 is 2.55 bits per heavy atom. The minimum absolute atomic E-state index is 0.191. The number of hydrogen-bond donors (Lipinski definition) is 1. The van der Waals surface area contributed by atoms with Crippen molar-refractivity contribution < 1.29 is 4.79 Å². The summed E-state index contributed by atoms with van der Waals surface area (Å²) in [5.74, 6) is 0.723. The fourth-order valence-electron chi connectivity index (χ4n) is 2.76. The van der Waals surface area contributed by atoms with E-state index in [1.54, 1.807) is 0 Å². The van der Waals surface area contributed by atoms with Gasteiger partial charge in [0.25, 0.3) is 0 Å². The minimum Gasteiger partial charge on any atom is -0.342 e. The molecule has 0 atom stereocenters. The summed E-state index contributed by atoms with van der Waals surface area (Å²) in [5, 5.41) is 4.21. The van der Waals surface area contributed by atoms with E-state index in [4.69, 9.17) is 11.6 Å². The number of rotatable bonds is 6. The second-order valence-corrected chi connectivity index (χ2v) is 5.74. The molecule has 0 radical (unpaired) electrons. The Kier molecular flexibility index (Phi) is 5.44. The maximum atomic E-state index is 11.9. The molecule has 0 aliphatic heterocycles. The van der Waals surface area contributed by atoms with Gasteiger partial charge in [0, 0.05) is 24.2 Å². The van der Waals surface area contributed by atoms with E-state index in [2.05, 4.69) is 11.4 Å². The van der Waals surface area contributed by atoms with Gasteiger partial charge in [-0.1, -0.05) is 29.8 Å². The lowest BCUT2D eigenvalue weighted by Gasteiger charge is -2.37. The molecule has 1 N–H and O–H groups in total. The molecule has 0 heterocycles. The number of nitrogens with zero attached hydrogens (tertiary/aromatic N) is 1. The van der Waals surface area contributed by atoms with E-state index in [1.165, 1.54) is 5.56 Å². The topological polar surface area (TPSA) is 32.3 Å². The van der Waals surface area contributed by atoms with Crippen molar-refractivity contribution in [1.82, 2.24) is 10.2 Å². The first kappa shape index (κ1) is 15.3. The predicted octanol–water partition coefficient (Wildman–Crippen LogP) is 3.04. The van der Waals surface area contributed by atoms with Crippen LogP contribution in [0.5, 0.6) is 0 Å². The summed E-state index contributed by atoms with van der Waals surface area (Å²) in [6.45, 7) is 6.03. The van der Waals surface area contributed by atoms with Crippen molar-refractivity contribution in [3.05, 3.63) is 34.9 Å². The van der Waals surface area contributed by atoms with Crippen LogP contribution in [0, 0.1) is 0 Å². The lowest BCUT2D eigenvalue weighted by atomic mass is 9.76. The summed E-state index contributed by atoms with van der Waals surface area (Å²) >= 11 is 6.20. The van der Waals surface area contributed by atoms with Gasteiger partial charge in [-0.2, -0.15) is 0 Å². The number of amides is 1. The molecule has 1 aliphatic rings. The van der Waals surface area contributed by atoms with Gasteiger partial charge in [0.05, 0.1) is 6.54 Å². The summed E-state index contributed by atoms with van der Waals surface area (Å²) in [6, 6.07) is 8.48. The number of nitrogens with one attached hydrogen (secondary N) is 1. The average molecular weight is 295 g/mol. The van der Waals surface area contributed by atoms with Crippen LogP contribution in [0.2, 0.25) is 5.02 Å². The normalized spacial score (nSPS) is 21.4. The van der Waals surface area contributed by atoms with Crippen LogP contribution in [-0.2, 0) is 4.79 Å². The molecular weight excluding hydrogens is 272 g/mol. The molecule has 0 bridgehead atoms. The number of likely N-dealkylation sites (N-methyl/N-ethyl adjacent to an activating group) is 1. The Morgan fingerprint density at radius 1 is 1.30 bits per heavy atom. The van der Waals surface area contributed by atoms with E-state index in [9.17, 15) is 4.79 Å². The molecule has 0 spiro atoms. The van der Waals surface area contributed by atoms with E-state index in [0.29, 0.717) is 18.5 Å². The van der Waals surface area contributed by atoms with Gasteiger partial charge < -0.3 is 10.2 Å². The molecule has 4 heteroatoms. The number of carbonyl (C=O) groups excluding carboxylic acids is 1. The molecule has 2 rings (SSSR count). The maximum Gasteiger partial charge on any atom is 0.236 e. The summed E-state index contributed by atoms with van der Waals surface area (Å²) in [4.78, 5) is 13.8. The Morgan fingerprint density at radius 2 is 1.95 bits per heavy atom. The van der Waals surface area contributed by atoms with Crippen LogP contribution in [0.25, 0.3) is 0 Å². The molecule has 1 amide bonds. The lowest BCUT2D eigenvalue weighted by molar-refractivity contribution is -0.130. The number of halogens is 1. The van der Waals surface area contributed by atoms with E-state index in [1.807, 2.05) is 36.9 Å².